The summed E-state index contributed by atoms with van der Waals surface area (Å²) in [6, 6.07) is 20.8. The van der Waals surface area contributed by atoms with Gasteiger partial charge in [0.15, 0.2) is 0 Å². The van der Waals surface area contributed by atoms with E-state index in [9.17, 15) is 0 Å². The van der Waals surface area contributed by atoms with E-state index in [1.165, 1.54) is 15.3 Å². The molecule has 0 aliphatic carbocycles. The van der Waals surface area contributed by atoms with E-state index in [0.29, 0.717) is 5.25 Å². The predicted molar refractivity (Wildman–Crippen MR) is 102 cm³/mol. The van der Waals surface area contributed by atoms with Gasteiger partial charge in [-0.1, -0.05) is 41.9 Å². The van der Waals surface area contributed by atoms with Crippen molar-refractivity contribution in [3.05, 3.63) is 81.5 Å². The highest BCUT2D eigenvalue weighted by molar-refractivity contribution is 7.99. The molecule has 3 aromatic rings. The molecule has 0 fully saturated rings. The van der Waals surface area contributed by atoms with Crippen LogP contribution in [0, 0.1) is 0 Å². The molecule has 114 valence electrons. The second kappa shape index (κ2) is 6.52. The Hall–Kier alpha value is -1.55. The molecule has 0 radical (unpaired) electrons. The highest BCUT2D eigenvalue weighted by atomic mass is 35.5. The van der Waals surface area contributed by atoms with Crippen LogP contribution in [0.15, 0.2) is 75.9 Å². The van der Waals surface area contributed by atoms with Gasteiger partial charge in [0.05, 0.1) is 11.4 Å². The number of para-hydroxylation sites is 1. The maximum atomic E-state index is 6.04. The van der Waals surface area contributed by atoms with Crippen LogP contribution in [0.25, 0.3) is 0 Å². The van der Waals surface area contributed by atoms with Gasteiger partial charge in [-0.2, -0.15) is 0 Å². The van der Waals surface area contributed by atoms with Gasteiger partial charge in [0.25, 0.3) is 0 Å². The molecular weight excluding hydrogens is 342 g/mol. The third-order valence-corrected chi connectivity index (χ3v) is 6.31. The second-order valence-electron chi connectivity index (χ2n) is 5.37. The van der Waals surface area contributed by atoms with Gasteiger partial charge in [-0.3, -0.25) is 4.99 Å². The number of aliphatic imine (C=N–C) groups is 1. The van der Waals surface area contributed by atoms with Gasteiger partial charge in [-0.15, -0.1) is 23.1 Å². The summed E-state index contributed by atoms with van der Waals surface area (Å²) in [6.45, 7) is 0. The Labute approximate surface area is 149 Å². The predicted octanol–water partition coefficient (Wildman–Crippen LogP) is 6.76. The summed E-state index contributed by atoms with van der Waals surface area (Å²) in [5.41, 5.74) is 3.52. The van der Waals surface area contributed by atoms with Crippen LogP contribution in [-0.4, -0.2) is 5.71 Å². The van der Waals surface area contributed by atoms with E-state index in [0.717, 1.165) is 22.8 Å². The molecule has 4 rings (SSSR count). The Morgan fingerprint density at radius 1 is 0.957 bits per heavy atom. The molecule has 0 unspecified atom stereocenters. The smallest absolute Gasteiger partial charge is 0.0769 e. The van der Waals surface area contributed by atoms with Crippen molar-refractivity contribution in [2.24, 2.45) is 4.99 Å². The lowest BCUT2D eigenvalue weighted by molar-refractivity contribution is 1.01. The minimum atomic E-state index is 0.344. The van der Waals surface area contributed by atoms with E-state index < -0.39 is 0 Å². The van der Waals surface area contributed by atoms with E-state index >= 15 is 0 Å². The molecule has 23 heavy (non-hydrogen) atoms. The molecular formula is C19H14ClNS2. The topological polar surface area (TPSA) is 12.4 Å². The Morgan fingerprint density at radius 2 is 1.78 bits per heavy atom. The minimum Gasteiger partial charge on any atom is -0.251 e. The number of hydrogen-bond acceptors (Lipinski definition) is 3. The standard InChI is InChI=1S/C19H14ClNS2/c20-14-9-7-13(8-10-14)19-12-16(17-6-3-11-22-17)21-15-4-1-2-5-18(15)23-19/h1-11,19H,12H2/t19-/m0/s1. The van der Waals surface area contributed by atoms with Crippen molar-refractivity contribution in [1.29, 1.82) is 0 Å². The molecule has 0 bridgehead atoms. The number of hydrogen-bond donors (Lipinski definition) is 0. The quantitative estimate of drug-likeness (QED) is 0.494. The summed E-state index contributed by atoms with van der Waals surface area (Å²) in [6.07, 6.45) is 0.918. The fourth-order valence-electron chi connectivity index (χ4n) is 2.67. The highest BCUT2D eigenvalue weighted by Gasteiger charge is 2.22. The lowest BCUT2D eigenvalue weighted by Gasteiger charge is -2.15. The molecule has 2 heterocycles. The maximum Gasteiger partial charge on any atom is 0.0769 e. The number of thiophene rings is 1. The van der Waals surface area contributed by atoms with Crippen molar-refractivity contribution in [3.8, 4) is 0 Å². The number of nitrogens with zero attached hydrogens (tertiary/aromatic N) is 1. The molecule has 1 aromatic heterocycles. The van der Waals surface area contributed by atoms with Crippen molar-refractivity contribution in [3.63, 3.8) is 0 Å². The van der Waals surface area contributed by atoms with Crippen LogP contribution in [0.3, 0.4) is 0 Å². The Bertz CT molecular complexity index is 838. The SMILES string of the molecule is Clc1ccc([C@@H]2CC(c3cccs3)=Nc3ccccc3S2)cc1. The van der Waals surface area contributed by atoms with Crippen molar-refractivity contribution in [2.45, 2.75) is 16.6 Å². The lowest BCUT2D eigenvalue weighted by Crippen LogP contribution is -2.03. The summed E-state index contributed by atoms with van der Waals surface area (Å²) >= 11 is 9.68. The number of halogens is 1. The average Bonchev–Trinajstić information content (AvgIpc) is 3.03. The first-order valence-electron chi connectivity index (χ1n) is 7.42. The van der Waals surface area contributed by atoms with Gasteiger partial charge < -0.3 is 0 Å². The molecule has 0 saturated carbocycles. The average molecular weight is 356 g/mol. The zero-order valence-electron chi connectivity index (χ0n) is 12.3. The van der Waals surface area contributed by atoms with Gasteiger partial charge >= 0.3 is 0 Å². The highest BCUT2D eigenvalue weighted by Crippen LogP contribution is 2.45. The van der Waals surface area contributed by atoms with Crippen LogP contribution < -0.4 is 0 Å². The molecule has 4 heteroatoms. The van der Waals surface area contributed by atoms with Gasteiger partial charge in [0.1, 0.15) is 0 Å². The zero-order valence-corrected chi connectivity index (χ0v) is 14.7. The van der Waals surface area contributed by atoms with Crippen LogP contribution in [-0.2, 0) is 0 Å². The summed E-state index contributed by atoms with van der Waals surface area (Å²) in [7, 11) is 0. The molecule has 0 N–H and O–H groups in total. The lowest BCUT2D eigenvalue weighted by atomic mass is 10.1. The summed E-state index contributed by atoms with van der Waals surface area (Å²) in [5.74, 6) is 0. The molecule has 2 aromatic carbocycles. The Morgan fingerprint density at radius 3 is 2.57 bits per heavy atom. The van der Waals surface area contributed by atoms with E-state index in [4.69, 9.17) is 16.6 Å². The van der Waals surface area contributed by atoms with Gasteiger partial charge in [-0.25, -0.2) is 0 Å². The molecule has 0 amide bonds. The summed E-state index contributed by atoms with van der Waals surface area (Å²) < 4.78 is 0. The number of thioether (sulfide) groups is 1. The fourth-order valence-corrected chi connectivity index (χ4v) is 4.76. The maximum absolute atomic E-state index is 6.04. The van der Waals surface area contributed by atoms with Crippen LogP contribution in [0.4, 0.5) is 5.69 Å². The summed E-state index contributed by atoms with van der Waals surface area (Å²) in [4.78, 5) is 7.44. The third-order valence-electron chi connectivity index (χ3n) is 3.82. The van der Waals surface area contributed by atoms with Crippen LogP contribution in [0.5, 0.6) is 0 Å². The molecule has 1 nitrogen and oxygen atoms in total. The monoisotopic (exact) mass is 355 g/mol. The Balaban J connectivity index is 1.78. The first-order valence-corrected chi connectivity index (χ1v) is 9.56. The summed E-state index contributed by atoms with van der Waals surface area (Å²) in [5, 5.41) is 3.23. The van der Waals surface area contributed by atoms with Crippen LogP contribution in [0.1, 0.15) is 22.1 Å². The van der Waals surface area contributed by atoms with Crippen LogP contribution in [0.2, 0.25) is 5.02 Å². The minimum absolute atomic E-state index is 0.344. The van der Waals surface area contributed by atoms with Crippen molar-refractivity contribution < 1.29 is 0 Å². The zero-order chi connectivity index (χ0) is 15.6. The third kappa shape index (κ3) is 3.23. The van der Waals surface area contributed by atoms with Gasteiger partial charge in [-0.05, 0) is 41.3 Å². The van der Waals surface area contributed by atoms with Crippen molar-refractivity contribution in [2.75, 3.05) is 0 Å². The first-order chi connectivity index (χ1) is 11.3. The van der Waals surface area contributed by atoms with Crippen molar-refractivity contribution in [1.82, 2.24) is 0 Å². The van der Waals surface area contributed by atoms with Gasteiger partial charge in [0, 0.05) is 26.5 Å². The van der Waals surface area contributed by atoms with E-state index in [2.05, 4.69) is 53.9 Å². The van der Waals surface area contributed by atoms with Crippen LogP contribution >= 0.6 is 34.7 Å². The molecule has 0 spiro atoms. The van der Waals surface area contributed by atoms with Crippen molar-refractivity contribution >= 4 is 46.1 Å². The van der Waals surface area contributed by atoms with E-state index in [-0.39, 0.29) is 0 Å². The number of rotatable bonds is 2. The molecule has 1 aliphatic rings. The van der Waals surface area contributed by atoms with Gasteiger partial charge in [0.2, 0.25) is 0 Å². The molecule has 1 atom stereocenters. The molecule has 1 aliphatic heterocycles. The fraction of sp³-hybridized carbons (Fsp3) is 0.105. The normalized spacial score (nSPS) is 17.3. The Kier molecular flexibility index (Phi) is 4.25. The van der Waals surface area contributed by atoms with E-state index in [1.54, 1.807) is 11.3 Å². The second-order valence-corrected chi connectivity index (χ2v) is 7.99. The first kappa shape index (κ1) is 15.0. The largest absolute Gasteiger partial charge is 0.251 e. The van der Waals surface area contributed by atoms with E-state index in [1.807, 2.05) is 23.9 Å². The molecule has 0 saturated heterocycles. The number of fused-ring (bicyclic) bond motifs is 1. The number of benzene rings is 2.